The van der Waals surface area contributed by atoms with Gasteiger partial charge in [0.25, 0.3) is 0 Å². The molecule has 2 fully saturated rings. The van der Waals surface area contributed by atoms with Gasteiger partial charge in [0.05, 0.1) is 74.9 Å². The second-order valence-electron chi connectivity index (χ2n) is 23.5. The number of benzene rings is 1. The summed E-state index contributed by atoms with van der Waals surface area (Å²) in [5.74, 6) is -5.98. The minimum absolute atomic E-state index is 0.00326. The van der Waals surface area contributed by atoms with Crippen LogP contribution >= 0.6 is 11.8 Å². The Morgan fingerprint density at radius 3 is 2.10 bits per heavy atom. The summed E-state index contributed by atoms with van der Waals surface area (Å²) in [6, 6.07) is -1.65. The molecule has 15 N–H and O–H groups in total. The van der Waals surface area contributed by atoms with Crippen LogP contribution in [0.15, 0.2) is 61.7 Å². The van der Waals surface area contributed by atoms with Crippen molar-refractivity contribution in [1.82, 2.24) is 93.1 Å². The number of fused-ring (bicyclic) bond motifs is 4. The molecule has 0 aliphatic carbocycles. The number of rotatable bonds is 25. The lowest BCUT2D eigenvalue weighted by atomic mass is 9.99. The summed E-state index contributed by atoms with van der Waals surface area (Å²) < 4.78 is 18.3. The molecule has 3 aliphatic heterocycles. The number of ether oxygens (including phenoxy) is 3. The van der Waals surface area contributed by atoms with E-state index in [2.05, 4.69) is 88.4 Å². The third kappa shape index (κ3) is 21.6. The molecule has 504 valence electrons. The zero-order valence-corrected chi connectivity index (χ0v) is 53.1. The summed E-state index contributed by atoms with van der Waals surface area (Å²) in [7, 11) is 0. The number of amides is 11. The Kier molecular flexibility index (Phi) is 26.5. The molecule has 0 saturated carbocycles. The van der Waals surface area contributed by atoms with Crippen molar-refractivity contribution in [3.8, 4) is 0 Å². The first-order chi connectivity index (χ1) is 44.9. The van der Waals surface area contributed by atoms with E-state index in [1.807, 2.05) is 36.0 Å². The third-order valence-corrected chi connectivity index (χ3v) is 17.5. The maximum absolute atomic E-state index is 14.6. The van der Waals surface area contributed by atoms with E-state index in [0.29, 0.717) is 48.0 Å². The van der Waals surface area contributed by atoms with E-state index in [1.54, 1.807) is 32.4 Å². The fourth-order valence-electron chi connectivity index (χ4n) is 11.0. The molecule has 0 radical (unpaired) electrons. The number of hydrogen-bond acceptors (Lipinski definition) is 18. The van der Waals surface area contributed by atoms with Gasteiger partial charge in [-0.25, -0.2) is 14.8 Å². The van der Waals surface area contributed by atoms with Crippen LogP contribution in [0.5, 0.6) is 0 Å². The van der Waals surface area contributed by atoms with E-state index < -0.39 is 102 Å². The molecule has 4 aromatic heterocycles. The van der Waals surface area contributed by atoms with Gasteiger partial charge in [-0.2, -0.15) is 11.8 Å². The van der Waals surface area contributed by atoms with Gasteiger partial charge in [0.2, 0.25) is 53.2 Å². The number of imidazole rings is 2. The first-order valence-corrected chi connectivity index (χ1v) is 32.4. The van der Waals surface area contributed by atoms with Crippen LogP contribution < -0.4 is 58.9 Å². The normalized spacial score (nSPS) is 23.9. The van der Waals surface area contributed by atoms with Gasteiger partial charge in [-0.1, -0.05) is 43.7 Å². The molecular weight excluding hydrogens is 1230 g/mol. The largest absolute Gasteiger partial charge is 0.377 e. The van der Waals surface area contributed by atoms with Crippen LogP contribution in [0.2, 0.25) is 0 Å². The van der Waals surface area contributed by atoms with Crippen molar-refractivity contribution in [3.05, 3.63) is 84.4 Å². The van der Waals surface area contributed by atoms with E-state index in [-0.39, 0.29) is 101 Å². The summed E-state index contributed by atoms with van der Waals surface area (Å²) in [5, 5.41) is 37.4. The number of thioether (sulfide) groups is 1. The molecule has 2 saturated heterocycles. The average molecular weight is 1310 g/mol. The topological polar surface area (TPSA) is 449 Å². The lowest BCUT2D eigenvalue weighted by molar-refractivity contribution is -0.136. The van der Waals surface area contributed by atoms with Crippen molar-refractivity contribution >= 4 is 81.9 Å². The van der Waals surface area contributed by atoms with Crippen molar-refractivity contribution in [2.24, 2.45) is 11.7 Å². The molecular formula is C60H85N19O13S. The average Bonchev–Trinajstić information content (AvgIpc) is 1.73. The monoisotopic (exact) mass is 1310 g/mol. The Labute approximate surface area is 540 Å². The van der Waals surface area contributed by atoms with Gasteiger partial charge in [-0.3, -0.25) is 47.8 Å². The molecule has 7 heterocycles. The van der Waals surface area contributed by atoms with Gasteiger partial charge < -0.3 is 88.1 Å². The molecule has 33 heteroatoms. The maximum atomic E-state index is 14.6. The fourth-order valence-corrected chi connectivity index (χ4v) is 12.5. The number of aromatic amines is 3. The molecule has 11 amide bonds. The van der Waals surface area contributed by atoms with Crippen LogP contribution in [-0.4, -0.2) is 211 Å². The van der Waals surface area contributed by atoms with E-state index in [9.17, 15) is 47.9 Å². The zero-order valence-electron chi connectivity index (χ0n) is 52.3. The quantitative estimate of drug-likeness (QED) is 0.0224. The van der Waals surface area contributed by atoms with Gasteiger partial charge in [0, 0.05) is 91.9 Å². The Morgan fingerprint density at radius 2 is 1.39 bits per heavy atom. The standard InChI is InChI=1S/C60H85N19O13S/c1-34(2)51-59(88)73-43(22-36-26-65-41-11-5-4-10-40(36)41)56(85)72-46(24-38-28-63-33-67-38)58(87)70-42(53(61)82)12-8-9-16-79-29-39(77-78-79)25-44(57(86)71-45(23-37-27-62-32-66-37)55(84)68-35(3)54(83)75-51)69-50(81)30-92-21-20-91-19-18-90-17-15-64-49(80)14-7-6-13-48-52-47(31-93-48)74-60(89)76-52/h4-5,10-11,26-29,32-35,42-48,51-52,65H,6-9,12-25,30-31H2,1-3H3,(H2,61,82)(H,62,66)(H,63,67)(H,64,80)(H,68,84)(H,69,81)(H,70,87)(H,71,86)(H,72,85)(H,73,88)(H,75,83)(H2,74,76,89)/t35-,42+,43-,44+,45-,46-,47-,48-,51-,52-/m1/s1. The van der Waals surface area contributed by atoms with Gasteiger partial charge in [0.1, 0.15) is 48.9 Å². The number of unbranched alkanes of at least 4 members (excludes halogenated alkanes) is 1. The molecule has 32 nitrogen and oxygen atoms in total. The number of nitrogens with zero attached hydrogens (tertiary/aromatic N) is 5. The van der Waals surface area contributed by atoms with Crippen LogP contribution in [-0.2, 0) is 89.6 Å². The number of aryl methyl sites for hydroxylation is 1. The number of nitrogens with two attached hydrogens (primary N) is 1. The lowest BCUT2D eigenvalue weighted by Gasteiger charge is -2.28. The lowest BCUT2D eigenvalue weighted by Crippen LogP contribution is -2.61. The number of para-hydroxylation sites is 1. The Hall–Kier alpha value is -8.95. The summed E-state index contributed by atoms with van der Waals surface area (Å²) >= 11 is 1.85. The van der Waals surface area contributed by atoms with E-state index in [4.69, 9.17) is 19.9 Å². The maximum Gasteiger partial charge on any atom is 0.315 e. The minimum atomic E-state index is -1.38. The number of primary amides is 1. The number of nitrogens with one attached hydrogen (secondary N) is 13. The molecule has 2 bridgehead atoms. The second kappa shape index (κ2) is 35.2. The summed E-state index contributed by atoms with van der Waals surface area (Å²) in [5.41, 5.74) is 8.30. The second-order valence-corrected chi connectivity index (χ2v) is 24.8. The molecule has 0 unspecified atom stereocenters. The number of carbonyl (C=O) groups excluding carboxylic acids is 10. The first kappa shape index (κ1) is 69.9. The van der Waals surface area contributed by atoms with Gasteiger partial charge in [-0.15, -0.1) is 5.10 Å². The van der Waals surface area contributed by atoms with Crippen LogP contribution in [0.25, 0.3) is 10.9 Å². The highest BCUT2D eigenvalue weighted by Gasteiger charge is 2.43. The van der Waals surface area contributed by atoms with Crippen molar-refractivity contribution < 1.29 is 62.2 Å². The van der Waals surface area contributed by atoms with E-state index >= 15 is 0 Å². The van der Waals surface area contributed by atoms with Crippen LogP contribution in [0.1, 0.15) is 88.4 Å². The van der Waals surface area contributed by atoms with Crippen LogP contribution in [0, 0.1) is 5.92 Å². The van der Waals surface area contributed by atoms with Crippen LogP contribution in [0.3, 0.4) is 0 Å². The number of H-pyrrole nitrogens is 3. The zero-order chi connectivity index (χ0) is 66.2. The van der Waals surface area contributed by atoms with Gasteiger partial charge >= 0.3 is 6.03 Å². The van der Waals surface area contributed by atoms with E-state index in [0.717, 1.165) is 35.9 Å². The van der Waals surface area contributed by atoms with Crippen molar-refractivity contribution in [2.75, 3.05) is 51.9 Å². The highest BCUT2D eigenvalue weighted by Crippen LogP contribution is 2.33. The number of urea groups is 1. The first-order valence-electron chi connectivity index (χ1n) is 31.4. The van der Waals surface area contributed by atoms with Crippen molar-refractivity contribution in [1.29, 1.82) is 0 Å². The highest BCUT2D eigenvalue weighted by molar-refractivity contribution is 8.00. The minimum Gasteiger partial charge on any atom is -0.377 e. The summed E-state index contributed by atoms with van der Waals surface area (Å²) in [6.45, 7) is 5.69. The number of hydrogen-bond donors (Lipinski definition) is 14. The molecule has 3 aliphatic rings. The molecule has 0 spiro atoms. The summed E-state index contributed by atoms with van der Waals surface area (Å²) in [6.07, 6.45) is 12.3. The Bertz CT molecular complexity index is 3310. The van der Waals surface area contributed by atoms with Crippen molar-refractivity contribution in [2.45, 2.75) is 158 Å². The smallest absolute Gasteiger partial charge is 0.315 e. The molecule has 1 aromatic carbocycles. The highest BCUT2D eigenvalue weighted by atomic mass is 32.2. The SMILES string of the molecule is CC(C)[C@H]1NC(=O)[C@@H](C)NC(=O)[C@@H](Cc2c[nH]cn2)NC(=O)[C@@H](NC(=O)COCCOCCOCCNC(=O)CCCC[C@H]2SC[C@H]3NC(=O)N[C@H]32)Cc2cn(nn2)CCCC[C@@H](C(N)=O)NC(=O)[C@@H](Cc2c[nH]cn2)NC(=O)[C@@H](Cc2c[nH]c3ccccc23)NC1=O. The molecule has 93 heavy (non-hydrogen) atoms. The van der Waals surface area contributed by atoms with Crippen molar-refractivity contribution in [3.63, 3.8) is 0 Å². The third-order valence-electron chi connectivity index (χ3n) is 16.0. The fraction of sp³-hybridized carbons (Fsp3) is 0.567. The van der Waals surface area contributed by atoms with Crippen LogP contribution in [0.4, 0.5) is 4.79 Å². The summed E-state index contributed by atoms with van der Waals surface area (Å²) in [4.78, 5) is 154. The molecule has 5 aromatic rings. The molecule has 8 rings (SSSR count). The van der Waals surface area contributed by atoms with Gasteiger partial charge in [0.15, 0.2) is 0 Å². The Morgan fingerprint density at radius 1 is 0.720 bits per heavy atom. The number of carbonyl (C=O) groups is 10. The predicted molar refractivity (Wildman–Crippen MR) is 337 cm³/mol. The molecule has 10 atom stereocenters. The Balaban J connectivity index is 0.893. The van der Waals surface area contributed by atoms with E-state index in [1.165, 1.54) is 30.5 Å². The predicted octanol–water partition coefficient (Wildman–Crippen LogP) is -1.89. The van der Waals surface area contributed by atoms with Gasteiger partial charge in [-0.05, 0) is 56.6 Å². The number of aromatic nitrogens is 8.